The van der Waals surface area contributed by atoms with Gasteiger partial charge in [-0.2, -0.15) is 0 Å². The first-order valence-corrected chi connectivity index (χ1v) is 10.9. The number of amides is 2. The van der Waals surface area contributed by atoms with Crippen molar-refractivity contribution in [2.45, 2.75) is 49.5 Å². The molecule has 1 spiro atoms. The van der Waals surface area contributed by atoms with Crippen molar-refractivity contribution in [2.24, 2.45) is 0 Å². The fourth-order valence-electron chi connectivity index (χ4n) is 5.68. The lowest BCUT2D eigenvalue weighted by Crippen LogP contribution is -2.82. The van der Waals surface area contributed by atoms with E-state index in [-0.39, 0.29) is 18.4 Å². The minimum absolute atomic E-state index is 0.0548. The Morgan fingerprint density at radius 1 is 1.17 bits per heavy atom. The monoisotopic (exact) mass is 416 g/mol. The number of fused-ring (bicyclic) bond motifs is 2. The summed E-state index contributed by atoms with van der Waals surface area (Å²) in [6.07, 6.45) is 1.86. The quantitative estimate of drug-likeness (QED) is 0.714. The van der Waals surface area contributed by atoms with E-state index >= 15 is 0 Å². The molecule has 1 aromatic rings. The van der Waals surface area contributed by atoms with Crippen molar-refractivity contribution in [1.29, 1.82) is 0 Å². The zero-order chi connectivity index (χ0) is 21.0. The van der Waals surface area contributed by atoms with E-state index in [1.54, 1.807) is 18.2 Å². The van der Waals surface area contributed by atoms with Gasteiger partial charge in [0.15, 0.2) is 0 Å². The first-order chi connectivity index (χ1) is 14.4. The largest absolute Gasteiger partial charge is 0.392 e. The molecule has 0 saturated carbocycles. The highest BCUT2D eigenvalue weighted by Crippen LogP contribution is 2.42. The van der Waals surface area contributed by atoms with E-state index in [4.69, 9.17) is 0 Å². The molecule has 4 heterocycles. The molecule has 2 atom stereocenters. The predicted molar refractivity (Wildman–Crippen MR) is 108 cm³/mol. The van der Waals surface area contributed by atoms with Gasteiger partial charge in [0.25, 0.3) is 5.91 Å². The van der Waals surface area contributed by atoms with Gasteiger partial charge in [-0.3, -0.25) is 24.3 Å². The summed E-state index contributed by atoms with van der Waals surface area (Å²) in [4.78, 5) is 34.6. The molecule has 162 valence electrons. The summed E-state index contributed by atoms with van der Waals surface area (Å²) in [7, 11) is 2.13. The molecule has 0 bridgehead atoms. The lowest BCUT2D eigenvalue weighted by atomic mass is 9.80. The van der Waals surface area contributed by atoms with Crippen LogP contribution in [0.25, 0.3) is 0 Å². The van der Waals surface area contributed by atoms with Crippen molar-refractivity contribution >= 4 is 11.8 Å². The molecular weight excluding hydrogens is 387 g/mol. The minimum Gasteiger partial charge on any atom is -0.392 e. The summed E-state index contributed by atoms with van der Waals surface area (Å²) in [6.45, 7) is 3.53. The fraction of sp³-hybridized carbons (Fsp3) is 0.636. The van der Waals surface area contributed by atoms with Gasteiger partial charge in [-0.1, -0.05) is 18.2 Å². The number of hydrogen-bond donors (Lipinski definition) is 1. The number of aliphatic hydroxyl groups excluding tert-OH is 1. The number of imide groups is 1. The second kappa shape index (κ2) is 7.37. The van der Waals surface area contributed by atoms with Crippen LogP contribution in [0.5, 0.6) is 0 Å². The lowest BCUT2D eigenvalue weighted by molar-refractivity contribution is -0.184. The van der Waals surface area contributed by atoms with Crippen molar-refractivity contribution in [3.8, 4) is 0 Å². The van der Waals surface area contributed by atoms with Crippen LogP contribution in [0.3, 0.4) is 0 Å². The molecule has 1 aromatic carbocycles. The maximum Gasteiger partial charge on any atom is 0.252 e. The number of aliphatic hydroxyl groups is 1. The first-order valence-electron chi connectivity index (χ1n) is 10.9. The highest BCUT2D eigenvalue weighted by Gasteiger charge is 2.64. The summed E-state index contributed by atoms with van der Waals surface area (Å²) in [5.74, 6) is -0.976. The summed E-state index contributed by atoms with van der Waals surface area (Å²) in [6, 6.07) is 6.21. The number of carbonyl (C=O) groups excluding carboxylic acids is 2. The highest BCUT2D eigenvalue weighted by atomic mass is 19.1. The van der Waals surface area contributed by atoms with Gasteiger partial charge in [0.1, 0.15) is 11.4 Å². The molecule has 4 aliphatic heterocycles. The minimum atomic E-state index is -0.787. The van der Waals surface area contributed by atoms with E-state index in [2.05, 4.69) is 16.8 Å². The van der Waals surface area contributed by atoms with Crippen LogP contribution in [0, 0.1) is 5.82 Å². The smallest absolute Gasteiger partial charge is 0.252 e. The molecule has 30 heavy (non-hydrogen) atoms. The zero-order valence-electron chi connectivity index (χ0n) is 17.3. The summed E-state index contributed by atoms with van der Waals surface area (Å²) >= 11 is 0. The Bertz CT molecular complexity index is 851. The molecule has 4 saturated heterocycles. The summed E-state index contributed by atoms with van der Waals surface area (Å²) in [5, 5.41) is 10.3. The molecule has 8 heteroatoms. The van der Waals surface area contributed by atoms with E-state index in [0.29, 0.717) is 37.7 Å². The Morgan fingerprint density at radius 2 is 1.87 bits per heavy atom. The number of piperidine rings is 1. The molecule has 1 N–H and O–H groups in total. The van der Waals surface area contributed by atoms with Crippen LogP contribution in [0.15, 0.2) is 24.3 Å². The Kier molecular flexibility index (Phi) is 4.93. The number of carbonyl (C=O) groups is 2. The lowest BCUT2D eigenvalue weighted by Gasteiger charge is -2.60. The average Bonchev–Trinajstić information content (AvgIpc) is 3.09. The van der Waals surface area contributed by atoms with Gasteiger partial charge in [0.2, 0.25) is 5.91 Å². The van der Waals surface area contributed by atoms with Crippen molar-refractivity contribution in [1.82, 2.24) is 19.6 Å². The second-order valence-corrected chi connectivity index (χ2v) is 9.35. The SMILES string of the molecule is CN1CCC(N2CC3(C2)C(=O)N(Cc2ccccc2F)C(=O)C2CC(O)CN23)CC1. The van der Waals surface area contributed by atoms with E-state index < -0.39 is 23.5 Å². The maximum atomic E-state index is 14.2. The molecule has 2 unspecified atom stereocenters. The van der Waals surface area contributed by atoms with Crippen LogP contribution in [0.4, 0.5) is 4.39 Å². The fourth-order valence-corrected chi connectivity index (χ4v) is 5.68. The van der Waals surface area contributed by atoms with Crippen LogP contribution in [-0.2, 0) is 16.1 Å². The van der Waals surface area contributed by atoms with Gasteiger partial charge in [-0.25, -0.2) is 4.39 Å². The van der Waals surface area contributed by atoms with Crippen molar-refractivity contribution < 1.29 is 19.1 Å². The number of β-amino-alcohol motifs (C(OH)–C–C–N with tert-alkyl or cyclic N) is 1. The number of likely N-dealkylation sites (tertiary alicyclic amines) is 2. The standard InChI is InChI=1S/C22H29FN4O3/c1-24-8-6-16(7-9-24)25-13-22(14-25)21(30)26(11-15-4-2-3-5-18(15)23)20(29)19-10-17(28)12-27(19)22/h2-5,16-17,19,28H,6-14H2,1H3. The van der Waals surface area contributed by atoms with E-state index in [1.807, 2.05) is 4.90 Å². The topological polar surface area (TPSA) is 67.3 Å². The number of benzene rings is 1. The summed E-state index contributed by atoms with van der Waals surface area (Å²) < 4.78 is 14.2. The van der Waals surface area contributed by atoms with E-state index in [9.17, 15) is 19.1 Å². The van der Waals surface area contributed by atoms with Crippen molar-refractivity contribution in [2.75, 3.05) is 39.8 Å². The first kappa shape index (κ1) is 20.1. The van der Waals surface area contributed by atoms with Crippen LogP contribution in [0.1, 0.15) is 24.8 Å². The predicted octanol–water partition coefficient (Wildman–Crippen LogP) is 0.278. The third-order valence-corrected chi connectivity index (χ3v) is 7.44. The molecule has 0 radical (unpaired) electrons. The van der Waals surface area contributed by atoms with Gasteiger partial charge < -0.3 is 10.0 Å². The summed E-state index contributed by atoms with van der Waals surface area (Å²) in [5.41, 5.74) is -0.446. The van der Waals surface area contributed by atoms with Crippen LogP contribution in [0.2, 0.25) is 0 Å². The van der Waals surface area contributed by atoms with Crippen molar-refractivity contribution in [3.05, 3.63) is 35.6 Å². The van der Waals surface area contributed by atoms with Gasteiger partial charge in [0.05, 0.1) is 18.7 Å². The Hall–Kier alpha value is -1.87. The normalized spacial score (nSPS) is 30.7. The number of rotatable bonds is 3. The van der Waals surface area contributed by atoms with E-state index in [0.717, 1.165) is 25.9 Å². The van der Waals surface area contributed by atoms with Gasteiger partial charge in [-0.15, -0.1) is 0 Å². The third-order valence-electron chi connectivity index (χ3n) is 7.44. The average molecular weight is 416 g/mol. The van der Waals surface area contributed by atoms with Gasteiger partial charge in [-0.05, 0) is 45.5 Å². The molecule has 7 nitrogen and oxygen atoms in total. The van der Waals surface area contributed by atoms with Gasteiger partial charge in [0, 0.05) is 31.2 Å². The van der Waals surface area contributed by atoms with E-state index in [1.165, 1.54) is 11.0 Å². The highest BCUT2D eigenvalue weighted by molar-refractivity contribution is 6.06. The van der Waals surface area contributed by atoms with Gasteiger partial charge >= 0.3 is 0 Å². The number of nitrogens with zero attached hydrogens (tertiary/aromatic N) is 4. The zero-order valence-corrected chi connectivity index (χ0v) is 17.3. The molecule has 5 rings (SSSR count). The maximum absolute atomic E-state index is 14.2. The molecule has 4 aliphatic rings. The third kappa shape index (κ3) is 3.09. The Morgan fingerprint density at radius 3 is 2.57 bits per heavy atom. The molecule has 0 aromatic heterocycles. The van der Waals surface area contributed by atoms with Crippen molar-refractivity contribution in [3.63, 3.8) is 0 Å². The van der Waals surface area contributed by atoms with Crippen LogP contribution >= 0.6 is 0 Å². The van der Waals surface area contributed by atoms with Crippen LogP contribution in [-0.4, -0.2) is 100 Å². The molecule has 0 aliphatic carbocycles. The molecule has 4 fully saturated rings. The Balaban J connectivity index is 1.40. The van der Waals surface area contributed by atoms with Crippen LogP contribution < -0.4 is 0 Å². The Labute approximate surface area is 176 Å². The number of halogens is 1. The molecular formula is C22H29FN4O3. The second-order valence-electron chi connectivity index (χ2n) is 9.35. The number of hydrogen-bond acceptors (Lipinski definition) is 6. The molecule has 2 amide bonds. The number of piperazine rings is 1.